The number of nitrogens with zero attached hydrogens (tertiary/aromatic N) is 2. The SMILES string of the molecule is Cc1nn(-c2ccccc2)c(C)c1C(=O)O[C@@H](C)C(=O)Nc1ccccc1C(C)C. The Kier molecular flexibility index (Phi) is 6.35. The van der Waals surface area contributed by atoms with E-state index < -0.39 is 12.1 Å². The molecule has 0 bridgehead atoms. The molecule has 3 aromatic rings. The molecule has 1 heterocycles. The largest absolute Gasteiger partial charge is 0.449 e. The molecule has 156 valence electrons. The van der Waals surface area contributed by atoms with E-state index in [2.05, 4.69) is 24.3 Å². The Labute approximate surface area is 176 Å². The third kappa shape index (κ3) is 4.43. The Morgan fingerprint density at radius 2 is 1.60 bits per heavy atom. The van der Waals surface area contributed by atoms with Crippen molar-refractivity contribution in [2.24, 2.45) is 0 Å². The van der Waals surface area contributed by atoms with Gasteiger partial charge in [0, 0.05) is 5.69 Å². The molecule has 0 radical (unpaired) electrons. The highest BCUT2D eigenvalue weighted by Crippen LogP contribution is 2.24. The van der Waals surface area contributed by atoms with Crippen LogP contribution in [0.5, 0.6) is 0 Å². The van der Waals surface area contributed by atoms with E-state index in [9.17, 15) is 9.59 Å². The van der Waals surface area contributed by atoms with Crippen molar-refractivity contribution in [2.45, 2.75) is 46.6 Å². The lowest BCUT2D eigenvalue weighted by Crippen LogP contribution is -2.30. The Morgan fingerprint density at radius 3 is 2.27 bits per heavy atom. The van der Waals surface area contributed by atoms with Crippen LogP contribution in [-0.2, 0) is 9.53 Å². The summed E-state index contributed by atoms with van der Waals surface area (Å²) in [5.41, 5.74) is 4.21. The van der Waals surface area contributed by atoms with Crippen molar-refractivity contribution in [2.75, 3.05) is 5.32 Å². The zero-order valence-corrected chi connectivity index (χ0v) is 18.0. The van der Waals surface area contributed by atoms with Gasteiger partial charge in [-0.05, 0) is 50.5 Å². The van der Waals surface area contributed by atoms with Gasteiger partial charge >= 0.3 is 5.97 Å². The molecule has 1 N–H and O–H groups in total. The Bertz CT molecular complexity index is 1050. The average Bonchev–Trinajstić information content (AvgIpc) is 3.02. The van der Waals surface area contributed by atoms with Crippen molar-refractivity contribution in [3.8, 4) is 5.69 Å². The van der Waals surface area contributed by atoms with E-state index in [1.807, 2.05) is 61.5 Å². The molecule has 1 amide bonds. The maximum atomic E-state index is 12.8. The van der Waals surface area contributed by atoms with Gasteiger partial charge in [-0.15, -0.1) is 0 Å². The summed E-state index contributed by atoms with van der Waals surface area (Å²) in [5, 5.41) is 7.34. The molecule has 1 atom stereocenters. The van der Waals surface area contributed by atoms with E-state index in [4.69, 9.17) is 4.74 Å². The van der Waals surface area contributed by atoms with Crippen LogP contribution in [0.4, 0.5) is 5.69 Å². The predicted molar refractivity (Wildman–Crippen MR) is 117 cm³/mol. The molecule has 6 nitrogen and oxygen atoms in total. The number of carbonyl (C=O) groups is 2. The molecule has 0 aliphatic heterocycles. The lowest BCUT2D eigenvalue weighted by molar-refractivity contribution is -0.123. The maximum Gasteiger partial charge on any atom is 0.342 e. The van der Waals surface area contributed by atoms with Crippen LogP contribution >= 0.6 is 0 Å². The summed E-state index contributed by atoms with van der Waals surface area (Å²) in [7, 11) is 0. The molecule has 6 heteroatoms. The van der Waals surface area contributed by atoms with E-state index in [1.54, 1.807) is 18.5 Å². The molecule has 1 aromatic heterocycles. The Balaban J connectivity index is 1.75. The molecule has 0 aliphatic carbocycles. The molecular weight excluding hydrogens is 378 g/mol. The highest BCUT2D eigenvalue weighted by molar-refractivity contribution is 5.98. The van der Waals surface area contributed by atoms with Crippen LogP contribution < -0.4 is 5.32 Å². The second-order valence-corrected chi connectivity index (χ2v) is 7.57. The van der Waals surface area contributed by atoms with Crippen LogP contribution in [0, 0.1) is 13.8 Å². The van der Waals surface area contributed by atoms with Crippen LogP contribution in [-0.4, -0.2) is 27.8 Å². The standard InChI is InChI=1S/C24H27N3O3/c1-15(2)20-13-9-10-14-21(20)25-23(28)18(5)30-24(29)22-16(3)26-27(17(22)4)19-11-7-6-8-12-19/h6-15,18H,1-5H3,(H,25,28)/t18-/m0/s1. The topological polar surface area (TPSA) is 73.2 Å². The predicted octanol–water partition coefficient (Wildman–Crippen LogP) is 4.80. The van der Waals surface area contributed by atoms with Crippen LogP contribution in [0.3, 0.4) is 0 Å². The van der Waals surface area contributed by atoms with Crippen molar-refractivity contribution in [1.29, 1.82) is 0 Å². The summed E-state index contributed by atoms with van der Waals surface area (Å²) in [4.78, 5) is 25.5. The quantitative estimate of drug-likeness (QED) is 0.598. The second kappa shape index (κ2) is 8.95. The normalized spacial score (nSPS) is 11.9. The van der Waals surface area contributed by atoms with Gasteiger partial charge in [0.15, 0.2) is 6.10 Å². The minimum Gasteiger partial charge on any atom is -0.449 e. The summed E-state index contributed by atoms with van der Waals surface area (Å²) in [6, 6.07) is 17.2. The van der Waals surface area contributed by atoms with Gasteiger partial charge in [-0.25, -0.2) is 9.48 Å². The summed E-state index contributed by atoms with van der Waals surface area (Å²) >= 11 is 0. The molecule has 0 spiro atoms. The number of hydrogen-bond donors (Lipinski definition) is 1. The van der Waals surface area contributed by atoms with Crippen LogP contribution in [0.2, 0.25) is 0 Å². The number of para-hydroxylation sites is 2. The van der Waals surface area contributed by atoms with Gasteiger partial charge in [-0.3, -0.25) is 4.79 Å². The van der Waals surface area contributed by atoms with Crippen LogP contribution in [0.15, 0.2) is 54.6 Å². The van der Waals surface area contributed by atoms with Crippen molar-refractivity contribution in [3.05, 3.63) is 77.1 Å². The number of nitrogens with one attached hydrogen (secondary N) is 1. The number of aromatic nitrogens is 2. The van der Waals surface area contributed by atoms with Crippen molar-refractivity contribution >= 4 is 17.6 Å². The first-order chi connectivity index (χ1) is 14.3. The first-order valence-electron chi connectivity index (χ1n) is 10.0. The number of esters is 1. The second-order valence-electron chi connectivity index (χ2n) is 7.57. The Morgan fingerprint density at radius 1 is 0.967 bits per heavy atom. The third-order valence-corrected chi connectivity index (χ3v) is 4.99. The van der Waals surface area contributed by atoms with Gasteiger partial charge in [0.25, 0.3) is 5.91 Å². The summed E-state index contributed by atoms with van der Waals surface area (Å²) < 4.78 is 7.18. The number of carbonyl (C=O) groups excluding carboxylic acids is 2. The highest BCUT2D eigenvalue weighted by Gasteiger charge is 2.25. The minimum absolute atomic E-state index is 0.258. The summed E-state index contributed by atoms with van der Waals surface area (Å²) in [6.07, 6.45) is -0.948. The monoisotopic (exact) mass is 405 g/mol. The third-order valence-electron chi connectivity index (χ3n) is 4.99. The van der Waals surface area contributed by atoms with Gasteiger partial charge in [0.05, 0.1) is 17.1 Å². The first-order valence-corrected chi connectivity index (χ1v) is 10.0. The number of aryl methyl sites for hydroxylation is 1. The van der Waals surface area contributed by atoms with E-state index >= 15 is 0 Å². The first kappa shape index (κ1) is 21.3. The molecule has 0 saturated heterocycles. The van der Waals surface area contributed by atoms with E-state index in [0.29, 0.717) is 17.0 Å². The molecule has 0 saturated carbocycles. The molecular formula is C24H27N3O3. The zero-order valence-electron chi connectivity index (χ0n) is 18.0. The highest BCUT2D eigenvalue weighted by atomic mass is 16.5. The minimum atomic E-state index is -0.948. The number of benzene rings is 2. The number of hydrogen-bond acceptors (Lipinski definition) is 4. The zero-order chi connectivity index (χ0) is 21.8. The van der Waals surface area contributed by atoms with Gasteiger partial charge in [0.2, 0.25) is 0 Å². The fourth-order valence-corrected chi connectivity index (χ4v) is 3.38. The lowest BCUT2D eigenvalue weighted by atomic mass is 10.0. The van der Waals surface area contributed by atoms with Crippen LogP contribution in [0.1, 0.15) is 54.0 Å². The maximum absolute atomic E-state index is 12.8. The van der Waals surface area contributed by atoms with E-state index in [1.165, 1.54) is 0 Å². The molecule has 3 rings (SSSR count). The van der Waals surface area contributed by atoms with Crippen molar-refractivity contribution in [1.82, 2.24) is 9.78 Å². The van der Waals surface area contributed by atoms with Gasteiger partial charge in [-0.1, -0.05) is 50.2 Å². The van der Waals surface area contributed by atoms with Gasteiger partial charge < -0.3 is 10.1 Å². The number of rotatable bonds is 6. The Hall–Kier alpha value is -3.41. The molecule has 0 aliphatic rings. The number of anilines is 1. The van der Waals surface area contributed by atoms with E-state index in [-0.39, 0.29) is 11.8 Å². The van der Waals surface area contributed by atoms with Gasteiger partial charge in [-0.2, -0.15) is 5.10 Å². The molecule has 0 fully saturated rings. The average molecular weight is 405 g/mol. The van der Waals surface area contributed by atoms with Crippen molar-refractivity contribution in [3.63, 3.8) is 0 Å². The fraction of sp³-hybridized carbons (Fsp3) is 0.292. The molecule has 0 unspecified atom stereocenters. The fourth-order valence-electron chi connectivity index (χ4n) is 3.38. The summed E-state index contributed by atoms with van der Waals surface area (Å²) in [6.45, 7) is 9.26. The molecule has 30 heavy (non-hydrogen) atoms. The molecule has 2 aromatic carbocycles. The van der Waals surface area contributed by atoms with E-state index in [0.717, 1.165) is 16.9 Å². The number of ether oxygens (including phenoxy) is 1. The van der Waals surface area contributed by atoms with Crippen LogP contribution in [0.25, 0.3) is 5.69 Å². The smallest absolute Gasteiger partial charge is 0.342 e. The van der Waals surface area contributed by atoms with Crippen molar-refractivity contribution < 1.29 is 14.3 Å². The van der Waals surface area contributed by atoms with Gasteiger partial charge in [0.1, 0.15) is 5.56 Å². The lowest BCUT2D eigenvalue weighted by Gasteiger charge is -2.17. The number of amides is 1. The summed E-state index contributed by atoms with van der Waals surface area (Å²) in [5.74, 6) is -0.678.